The molecule has 1 aromatic heterocycles. The van der Waals surface area contributed by atoms with Crippen molar-refractivity contribution in [3.05, 3.63) is 57.2 Å². The van der Waals surface area contributed by atoms with E-state index in [0.717, 1.165) is 9.13 Å². The zero-order valence-electron chi connectivity index (χ0n) is 11.6. The van der Waals surface area contributed by atoms with Gasteiger partial charge in [-0.3, -0.25) is 0 Å². The Morgan fingerprint density at radius 3 is 2.41 bits per heavy atom. The van der Waals surface area contributed by atoms with Crippen LogP contribution in [0.4, 0.5) is 0 Å². The van der Waals surface area contributed by atoms with Crippen molar-refractivity contribution in [3.63, 3.8) is 0 Å². The van der Waals surface area contributed by atoms with Crippen molar-refractivity contribution in [1.29, 1.82) is 0 Å². The van der Waals surface area contributed by atoms with E-state index in [-0.39, 0.29) is 5.56 Å². The molecule has 0 bridgehead atoms. The maximum atomic E-state index is 11.0. The lowest BCUT2D eigenvalue weighted by molar-refractivity contribution is 0.0697. The Morgan fingerprint density at radius 1 is 1.09 bits per heavy atom. The number of carbonyl (C=O) groups is 1. The van der Waals surface area contributed by atoms with Gasteiger partial charge in [-0.25, -0.2) is 4.79 Å². The minimum absolute atomic E-state index is 0.183. The average molecular weight is 406 g/mol. The van der Waals surface area contributed by atoms with Gasteiger partial charge in [-0.1, -0.05) is 12.1 Å². The minimum atomic E-state index is -0.991. The van der Waals surface area contributed by atoms with Gasteiger partial charge in [0.05, 0.1) is 5.56 Å². The smallest absolute Gasteiger partial charge is 0.335 e. The molecule has 0 spiro atoms. The number of nitrogens with zero attached hydrogens (tertiary/aromatic N) is 2. The number of aryl methyl sites for hydroxylation is 1. The third-order valence-corrected chi connectivity index (χ3v) is 4.36. The van der Waals surface area contributed by atoms with Gasteiger partial charge >= 0.3 is 5.97 Å². The third-order valence-electron chi connectivity index (χ3n) is 3.20. The van der Waals surface area contributed by atoms with Crippen molar-refractivity contribution in [2.45, 2.75) is 6.92 Å². The van der Waals surface area contributed by atoms with E-state index in [1.54, 1.807) is 12.1 Å². The summed E-state index contributed by atoms with van der Waals surface area (Å²) in [6.45, 7) is 2.03. The van der Waals surface area contributed by atoms with Crippen molar-refractivity contribution in [2.75, 3.05) is 0 Å². The van der Waals surface area contributed by atoms with Crippen molar-refractivity contribution < 1.29 is 14.3 Å². The second kappa shape index (κ2) is 5.88. The van der Waals surface area contributed by atoms with Crippen LogP contribution in [0.5, 0.6) is 0 Å². The van der Waals surface area contributed by atoms with Gasteiger partial charge in [0.15, 0.2) is 0 Å². The molecule has 1 heterocycles. The molecule has 6 heteroatoms. The van der Waals surface area contributed by atoms with Crippen LogP contribution in [0.25, 0.3) is 22.9 Å². The summed E-state index contributed by atoms with van der Waals surface area (Å²) in [5, 5.41) is 17.1. The molecule has 22 heavy (non-hydrogen) atoms. The topological polar surface area (TPSA) is 76.2 Å². The first kappa shape index (κ1) is 14.7. The van der Waals surface area contributed by atoms with Crippen LogP contribution in [0.1, 0.15) is 15.9 Å². The van der Waals surface area contributed by atoms with Crippen LogP contribution in [-0.4, -0.2) is 21.3 Å². The number of halogens is 1. The molecule has 110 valence electrons. The van der Waals surface area contributed by atoms with Crippen LogP contribution < -0.4 is 0 Å². The number of carboxylic acids is 1. The first-order chi connectivity index (χ1) is 10.5. The highest BCUT2D eigenvalue weighted by atomic mass is 127. The Hall–Kier alpha value is -2.22. The van der Waals surface area contributed by atoms with E-state index < -0.39 is 5.97 Å². The Morgan fingerprint density at radius 2 is 1.77 bits per heavy atom. The van der Waals surface area contributed by atoms with E-state index in [0.29, 0.717) is 17.3 Å². The molecule has 0 atom stereocenters. The molecular formula is C16H11IN2O3. The maximum Gasteiger partial charge on any atom is 0.335 e. The van der Waals surface area contributed by atoms with Crippen LogP contribution in [0.2, 0.25) is 0 Å². The van der Waals surface area contributed by atoms with E-state index in [1.807, 2.05) is 25.1 Å². The Labute approximate surface area is 140 Å². The summed E-state index contributed by atoms with van der Waals surface area (Å²) in [4.78, 5) is 11.0. The van der Waals surface area contributed by atoms with Gasteiger partial charge in [0.2, 0.25) is 11.8 Å². The molecule has 0 fully saturated rings. The summed E-state index contributed by atoms with van der Waals surface area (Å²) >= 11 is 2.25. The molecule has 3 aromatic rings. The quantitative estimate of drug-likeness (QED) is 0.666. The number of aromatic nitrogens is 2. The van der Waals surface area contributed by atoms with Gasteiger partial charge < -0.3 is 9.52 Å². The number of rotatable bonds is 3. The fourth-order valence-electron chi connectivity index (χ4n) is 1.97. The molecule has 0 unspecified atom stereocenters. The molecular weight excluding hydrogens is 395 g/mol. The van der Waals surface area contributed by atoms with Gasteiger partial charge in [-0.05, 0) is 65.4 Å². The summed E-state index contributed by atoms with van der Waals surface area (Å²) in [6.07, 6.45) is 0. The van der Waals surface area contributed by atoms with Crippen molar-refractivity contribution in [1.82, 2.24) is 10.2 Å². The summed E-state index contributed by atoms with van der Waals surface area (Å²) in [6, 6.07) is 12.3. The minimum Gasteiger partial charge on any atom is -0.478 e. The van der Waals surface area contributed by atoms with Crippen LogP contribution in [-0.2, 0) is 0 Å². The normalized spacial score (nSPS) is 10.6. The Bertz CT molecular complexity index is 858. The molecule has 0 aliphatic rings. The first-order valence-electron chi connectivity index (χ1n) is 6.48. The van der Waals surface area contributed by atoms with Crippen molar-refractivity contribution in [3.8, 4) is 22.9 Å². The summed E-state index contributed by atoms with van der Waals surface area (Å²) in [7, 11) is 0. The standard InChI is InChI=1S/C16H11IN2O3/c1-9-5-6-11(8-13(9)17)15-19-18-14(22-15)10-3-2-4-12(7-10)16(20)21/h2-8H,1H3,(H,20,21). The first-order valence-corrected chi connectivity index (χ1v) is 7.56. The Kier molecular flexibility index (Phi) is 3.93. The lowest BCUT2D eigenvalue weighted by atomic mass is 10.1. The number of carboxylic acid groups (broad SMARTS) is 1. The molecule has 0 saturated carbocycles. The number of aromatic carboxylic acids is 1. The molecule has 0 aliphatic heterocycles. The van der Waals surface area contributed by atoms with Crippen LogP contribution in [0, 0.1) is 10.5 Å². The van der Waals surface area contributed by atoms with Crippen molar-refractivity contribution >= 4 is 28.6 Å². The second-order valence-corrected chi connectivity index (χ2v) is 5.92. The molecule has 0 radical (unpaired) electrons. The highest BCUT2D eigenvalue weighted by Crippen LogP contribution is 2.26. The number of benzene rings is 2. The molecule has 1 N–H and O–H groups in total. The zero-order chi connectivity index (χ0) is 15.7. The predicted octanol–water partition coefficient (Wildman–Crippen LogP) is 4.01. The fraction of sp³-hybridized carbons (Fsp3) is 0.0625. The Balaban J connectivity index is 1.98. The number of hydrogen-bond donors (Lipinski definition) is 1. The fourth-order valence-corrected chi connectivity index (χ4v) is 2.48. The molecule has 0 aliphatic carbocycles. The summed E-state index contributed by atoms with van der Waals surface area (Å²) in [5.41, 5.74) is 2.78. The highest BCUT2D eigenvalue weighted by molar-refractivity contribution is 14.1. The van der Waals surface area contributed by atoms with E-state index in [4.69, 9.17) is 9.52 Å². The van der Waals surface area contributed by atoms with E-state index in [1.165, 1.54) is 17.7 Å². The molecule has 0 amide bonds. The van der Waals surface area contributed by atoms with Crippen LogP contribution in [0.3, 0.4) is 0 Å². The van der Waals surface area contributed by atoms with Crippen LogP contribution >= 0.6 is 22.6 Å². The summed E-state index contributed by atoms with van der Waals surface area (Å²) < 4.78 is 6.78. The van der Waals surface area contributed by atoms with Gasteiger partial charge in [0, 0.05) is 14.7 Å². The van der Waals surface area contributed by atoms with Gasteiger partial charge in [-0.15, -0.1) is 10.2 Å². The summed E-state index contributed by atoms with van der Waals surface area (Å²) in [5.74, 6) is -0.281. The van der Waals surface area contributed by atoms with E-state index >= 15 is 0 Å². The monoisotopic (exact) mass is 406 g/mol. The second-order valence-electron chi connectivity index (χ2n) is 4.76. The predicted molar refractivity (Wildman–Crippen MR) is 89.6 cm³/mol. The third kappa shape index (κ3) is 2.87. The zero-order valence-corrected chi connectivity index (χ0v) is 13.7. The van der Waals surface area contributed by atoms with Gasteiger partial charge in [0.25, 0.3) is 0 Å². The SMILES string of the molecule is Cc1ccc(-c2nnc(-c3cccc(C(=O)O)c3)o2)cc1I. The lowest BCUT2D eigenvalue weighted by Gasteiger charge is -2.00. The van der Waals surface area contributed by atoms with Crippen molar-refractivity contribution in [2.24, 2.45) is 0 Å². The number of hydrogen-bond acceptors (Lipinski definition) is 4. The maximum absolute atomic E-state index is 11.0. The van der Waals surface area contributed by atoms with E-state index in [2.05, 4.69) is 32.8 Å². The van der Waals surface area contributed by atoms with E-state index in [9.17, 15) is 4.79 Å². The molecule has 3 rings (SSSR count). The van der Waals surface area contributed by atoms with Crippen LogP contribution in [0.15, 0.2) is 46.9 Å². The molecule has 5 nitrogen and oxygen atoms in total. The average Bonchev–Trinajstić information content (AvgIpc) is 3.00. The molecule has 2 aromatic carbocycles. The largest absolute Gasteiger partial charge is 0.478 e. The van der Waals surface area contributed by atoms with Gasteiger partial charge in [-0.2, -0.15) is 0 Å². The molecule has 0 saturated heterocycles. The highest BCUT2D eigenvalue weighted by Gasteiger charge is 2.13. The lowest BCUT2D eigenvalue weighted by Crippen LogP contribution is -1.95. The van der Waals surface area contributed by atoms with Gasteiger partial charge in [0.1, 0.15) is 0 Å².